The van der Waals surface area contributed by atoms with Gasteiger partial charge in [0.25, 0.3) is 0 Å². The Morgan fingerprint density at radius 1 is 1.56 bits per heavy atom. The second-order valence-electron chi connectivity index (χ2n) is 4.74. The second kappa shape index (κ2) is 4.87. The van der Waals surface area contributed by atoms with E-state index in [0.29, 0.717) is 5.92 Å². The lowest BCUT2D eigenvalue weighted by Gasteiger charge is -2.23. The van der Waals surface area contributed by atoms with Crippen LogP contribution in [0.3, 0.4) is 0 Å². The average Bonchev–Trinajstić information content (AvgIpc) is 2.50. The van der Waals surface area contributed by atoms with Gasteiger partial charge in [-0.15, -0.1) is 0 Å². The molecule has 1 N–H and O–H groups in total. The van der Waals surface area contributed by atoms with Gasteiger partial charge in [-0.2, -0.15) is 5.10 Å². The molecule has 0 aliphatic carbocycles. The van der Waals surface area contributed by atoms with Gasteiger partial charge in [-0.05, 0) is 18.9 Å². The molecule has 1 unspecified atom stereocenters. The Balaban J connectivity index is 2.20. The van der Waals surface area contributed by atoms with Crippen LogP contribution >= 0.6 is 0 Å². The summed E-state index contributed by atoms with van der Waals surface area (Å²) in [5.74, 6) is 0.701. The van der Waals surface area contributed by atoms with Crippen LogP contribution in [0.25, 0.3) is 0 Å². The first-order chi connectivity index (χ1) is 7.70. The zero-order valence-electron chi connectivity index (χ0n) is 10.5. The van der Waals surface area contributed by atoms with E-state index in [9.17, 15) is 0 Å². The monoisotopic (exact) mass is 222 g/mol. The highest BCUT2D eigenvalue weighted by molar-refractivity contribution is 5.49. The van der Waals surface area contributed by atoms with Crippen LogP contribution in [-0.2, 0) is 13.5 Å². The minimum atomic E-state index is 0.701. The molecule has 0 spiro atoms. The van der Waals surface area contributed by atoms with Crippen molar-refractivity contribution in [2.45, 2.75) is 20.3 Å². The molecule has 0 amide bonds. The van der Waals surface area contributed by atoms with Crippen LogP contribution in [0.5, 0.6) is 0 Å². The maximum atomic E-state index is 4.51. The van der Waals surface area contributed by atoms with Crippen molar-refractivity contribution in [3.63, 3.8) is 0 Å². The summed E-state index contributed by atoms with van der Waals surface area (Å²) in [6.45, 7) is 8.88. The highest BCUT2D eigenvalue weighted by Gasteiger charge is 2.18. The highest BCUT2D eigenvalue weighted by Crippen LogP contribution is 2.21. The van der Waals surface area contributed by atoms with Crippen molar-refractivity contribution in [1.82, 2.24) is 15.1 Å². The zero-order chi connectivity index (χ0) is 11.5. The van der Waals surface area contributed by atoms with E-state index >= 15 is 0 Å². The predicted octanol–water partition coefficient (Wildman–Crippen LogP) is 1.03. The molecule has 1 aromatic rings. The molecule has 0 bridgehead atoms. The summed E-state index contributed by atoms with van der Waals surface area (Å²) < 4.78 is 1.93. The van der Waals surface area contributed by atoms with Crippen molar-refractivity contribution in [3.05, 3.63) is 11.9 Å². The largest absolute Gasteiger partial charge is 0.367 e. The molecular weight excluding hydrogens is 200 g/mol. The first kappa shape index (κ1) is 11.5. The van der Waals surface area contributed by atoms with E-state index in [1.807, 2.05) is 11.7 Å². The number of rotatable bonds is 2. The highest BCUT2D eigenvalue weighted by atomic mass is 15.3. The van der Waals surface area contributed by atoms with Gasteiger partial charge in [0.05, 0.1) is 11.4 Å². The fraction of sp³-hybridized carbons (Fsp3) is 0.750. The number of nitrogens with zero attached hydrogens (tertiary/aromatic N) is 3. The third-order valence-corrected chi connectivity index (χ3v) is 3.14. The Bertz CT molecular complexity index is 345. The van der Waals surface area contributed by atoms with Gasteiger partial charge >= 0.3 is 0 Å². The maximum Gasteiger partial charge on any atom is 0.0855 e. The Morgan fingerprint density at radius 3 is 3.12 bits per heavy atom. The molecule has 4 heteroatoms. The lowest BCUT2D eigenvalue weighted by Crippen LogP contribution is -2.29. The third kappa shape index (κ3) is 2.38. The van der Waals surface area contributed by atoms with Crippen molar-refractivity contribution in [2.24, 2.45) is 13.0 Å². The van der Waals surface area contributed by atoms with Gasteiger partial charge in [0.15, 0.2) is 0 Å². The van der Waals surface area contributed by atoms with Gasteiger partial charge in [-0.3, -0.25) is 4.68 Å². The quantitative estimate of drug-likeness (QED) is 0.811. The van der Waals surface area contributed by atoms with Crippen LogP contribution in [-0.4, -0.2) is 36.0 Å². The summed E-state index contributed by atoms with van der Waals surface area (Å²) in [6, 6.07) is 0. The SMILES string of the molecule is CCc1nn(C)cc1N1CCNCC(C)C1. The van der Waals surface area contributed by atoms with Gasteiger partial charge in [-0.25, -0.2) is 0 Å². The van der Waals surface area contributed by atoms with Crippen molar-refractivity contribution < 1.29 is 0 Å². The van der Waals surface area contributed by atoms with Crippen molar-refractivity contribution in [2.75, 3.05) is 31.1 Å². The summed E-state index contributed by atoms with van der Waals surface area (Å²) >= 11 is 0. The van der Waals surface area contributed by atoms with Crippen molar-refractivity contribution in [1.29, 1.82) is 0 Å². The van der Waals surface area contributed by atoms with E-state index in [2.05, 4.69) is 35.4 Å². The number of hydrogen-bond donors (Lipinski definition) is 1. The molecule has 0 aromatic carbocycles. The van der Waals surface area contributed by atoms with Gasteiger partial charge < -0.3 is 10.2 Å². The Morgan fingerprint density at radius 2 is 2.38 bits per heavy atom. The van der Waals surface area contributed by atoms with E-state index < -0.39 is 0 Å². The number of aromatic nitrogens is 2. The lowest BCUT2D eigenvalue weighted by atomic mass is 10.1. The minimum absolute atomic E-state index is 0.701. The molecule has 1 fully saturated rings. The molecule has 90 valence electrons. The minimum Gasteiger partial charge on any atom is -0.367 e. The van der Waals surface area contributed by atoms with E-state index in [4.69, 9.17) is 0 Å². The second-order valence-corrected chi connectivity index (χ2v) is 4.74. The van der Waals surface area contributed by atoms with Crippen LogP contribution in [0.1, 0.15) is 19.5 Å². The zero-order valence-corrected chi connectivity index (χ0v) is 10.5. The van der Waals surface area contributed by atoms with Crippen LogP contribution in [0, 0.1) is 5.92 Å². The molecule has 4 nitrogen and oxygen atoms in total. The van der Waals surface area contributed by atoms with Crippen LogP contribution < -0.4 is 10.2 Å². The van der Waals surface area contributed by atoms with E-state index in [-0.39, 0.29) is 0 Å². The fourth-order valence-electron chi connectivity index (χ4n) is 2.35. The Hall–Kier alpha value is -1.03. The Kier molecular flexibility index (Phi) is 3.49. The first-order valence-corrected chi connectivity index (χ1v) is 6.19. The number of hydrogen-bond acceptors (Lipinski definition) is 3. The summed E-state index contributed by atoms with van der Waals surface area (Å²) in [5.41, 5.74) is 2.54. The molecule has 1 atom stereocenters. The molecule has 1 saturated heterocycles. The smallest absolute Gasteiger partial charge is 0.0855 e. The summed E-state index contributed by atoms with van der Waals surface area (Å²) in [6.07, 6.45) is 3.16. The molecule has 2 rings (SSSR count). The molecule has 0 radical (unpaired) electrons. The molecule has 1 aromatic heterocycles. The number of nitrogens with one attached hydrogen (secondary N) is 1. The first-order valence-electron chi connectivity index (χ1n) is 6.19. The summed E-state index contributed by atoms with van der Waals surface area (Å²) in [4.78, 5) is 2.47. The van der Waals surface area contributed by atoms with Gasteiger partial charge in [-0.1, -0.05) is 13.8 Å². The van der Waals surface area contributed by atoms with Gasteiger partial charge in [0.1, 0.15) is 0 Å². The molecule has 1 aliphatic heterocycles. The summed E-state index contributed by atoms with van der Waals surface area (Å²) in [5, 5.41) is 7.99. The normalized spacial score (nSPS) is 22.2. The van der Waals surface area contributed by atoms with E-state index in [1.165, 1.54) is 11.4 Å². The Labute approximate surface area is 97.6 Å². The van der Waals surface area contributed by atoms with Gasteiger partial charge in [0.2, 0.25) is 0 Å². The fourth-order valence-corrected chi connectivity index (χ4v) is 2.35. The molecule has 0 saturated carbocycles. The average molecular weight is 222 g/mol. The third-order valence-electron chi connectivity index (χ3n) is 3.14. The molecular formula is C12H22N4. The van der Waals surface area contributed by atoms with Crippen LogP contribution in [0.15, 0.2) is 6.20 Å². The maximum absolute atomic E-state index is 4.51. The predicted molar refractivity (Wildman–Crippen MR) is 66.8 cm³/mol. The number of anilines is 1. The van der Waals surface area contributed by atoms with Crippen molar-refractivity contribution >= 4 is 5.69 Å². The summed E-state index contributed by atoms with van der Waals surface area (Å²) in [7, 11) is 2.00. The van der Waals surface area contributed by atoms with E-state index in [1.54, 1.807) is 0 Å². The standard InChI is InChI=1S/C12H22N4/c1-4-11-12(9-15(3)14-11)16-6-5-13-7-10(2)8-16/h9-10,13H,4-8H2,1-3H3. The van der Waals surface area contributed by atoms with Crippen LogP contribution in [0.4, 0.5) is 5.69 Å². The van der Waals surface area contributed by atoms with Gasteiger partial charge in [0, 0.05) is 32.9 Å². The topological polar surface area (TPSA) is 33.1 Å². The van der Waals surface area contributed by atoms with E-state index in [0.717, 1.165) is 32.6 Å². The molecule has 2 heterocycles. The van der Waals surface area contributed by atoms with Crippen LogP contribution in [0.2, 0.25) is 0 Å². The van der Waals surface area contributed by atoms with Crippen molar-refractivity contribution in [3.8, 4) is 0 Å². The number of aryl methyl sites for hydroxylation is 2. The molecule has 1 aliphatic rings. The molecule has 16 heavy (non-hydrogen) atoms. The lowest BCUT2D eigenvalue weighted by molar-refractivity contribution is 0.563.